The third-order valence-electron chi connectivity index (χ3n) is 2.50. The molecule has 20 heavy (non-hydrogen) atoms. The fourth-order valence-electron chi connectivity index (χ4n) is 1.66. The number of carbonyl (C=O) groups excluding carboxylic acids is 1. The molecular formula is C14H20F2N2O2. The summed E-state index contributed by atoms with van der Waals surface area (Å²) in [5.74, 6) is 0.0211. The maximum absolute atomic E-state index is 12.0. The number of halogens is 2. The molecule has 0 aromatic heterocycles. The first-order valence-electron chi connectivity index (χ1n) is 6.35. The lowest BCUT2D eigenvalue weighted by atomic mass is 10.0. The van der Waals surface area contributed by atoms with Gasteiger partial charge in [0.05, 0.1) is 0 Å². The minimum atomic E-state index is -2.82. The topological polar surface area (TPSA) is 64.4 Å². The number of amides is 1. The van der Waals surface area contributed by atoms with Gasteiger partial charge in [-0.25, -0.2) is 0 Å². The third kappa shape index (κ3) is 7.04. The number of nitrogens with two attached hydrogens (primary N) is 1. The molecule has 0 saturated carbocycles. The van der Waals surface area contributed by atoms with Crippen molar-refractivity contribution in [1.29, 1.82) is 0 Å². The van der Waals surface area contributed by atoms with Gasteiger partial charge in [-0.1, -0.05) is 12.1 Å². The number of ether oxygens (including phenoxy) is 1. The van der Waals surface area contributed by atoms with E-state index in [2.05, 4.69) is 10.1 Å². The molecule has 0 bridgehead atoms. The molecule has 0 aliphatic carbocycles. The predicted octanol–water partition coefficient (Wildman–Crippen LogP) is 2.07. The fourth-order valence-corrected chi connectivity index (χ4v) is 1.66. The van der Waals surface area contributed by atoms with Crippen LogP contribution < -0.4 is 15.8 Å². The van der Waals surface area contributed by atoms with Gasteiger partial charge in [-0.05, 0) is 38.0 Å². The Kier molecular flexibility index (Phi) is 5.88. The highest BCUT2D eigenvalue weighted by molar-refractivity contribution is 5.77. The zero-order chi connectivity index (χ0) is 15.2. The molecular weight excluding hydrogens is 266 g/mol. The summed E-state index contributed by atoms with van der Waals surface area (Å²) in [6.07, 6.45) is 0.875. The zero-order valence-electron chi connectivity index (χ0n) is 11.7. The van der Waals surface area contributed by atoms with Crippen LogP contribution in [0.15, 0.2) is 24.3 Å². The maximum Gasteiger partial charge on any atom is 0.387 e. The van der Waals surface area contributed by atoms with Gasteiger partial charge in [-0.3, -0.25) is 4.79 Å². The van der Waals surface area contributed by atoms with E-state index in [9.17, 15) is 13.6 Å². The number of rotatable bonds is 7. The lowest BCUT2D eigenvalue weighted by Gasteiger charge is -2.17. The summed E-state index contributed by atoms with van der Waals surface area (Å²) in [7, 11) is 0. The van der Waals surface area contributed by atoms with E-state index in [1.807, 2.05) is 0 Å². The van der Waals surface area contributed by atoms with Crippen LogP contribution in [0.3, 0.4) is 0 Å². The van der Waals surface area contributed by atoms with Gasteiger partial charge in [0.25, 0.3) is 0 Å². The van der Waals surface area contributed by atoms with Crippen molar-refractivity contribution in [3.8, 4) is 5.75 Å². The lowest BCUT2D eigenvalue weighted by Crippen LogP contribution is -2.39. The van der Waals surface area contributed by atoms with E-state index in [0.29, 0.717) is 13.0 Å². The van der Waals surface area contributed by atoms with E-state index in [1.165, 1.54) is 12.1 Å². The Morgan fingerprint density at radius 1 is 1.35 bits per heavy atom. The van der Waals surface area contributed by atoms with Crippen LogP contribution in [0, 0.1) is 0 Å². The van der Waals surface area contributed by atoms with Gasteiger partial charge in [-0.2, -0.15) is 8.78 Å². The second-order valence-corrected chi connectivity index (χ2v) is 5.29. The SMILES string of the molecule is CC(C)(N)CC(=O)NCCc1ccc(OC(F)F)cc1. The summed E-state index contributed by atoms with van der Waals surface area (Å²) >= 11 is 0. The van der Waals surface area contributed by atoms with Crippen LogP contribution in [0.5, 0.6) is 5.75 Å². The summed E-state index contributed by atoms with van der Waals surface area (Å²) in [6.45, 7) is 1.23. The predicted molar refractivity (Wildman–Crippen MR) is 72.7 cm³/mol. The monoisotopic (exact) mass is 286 g/mol. The van der Waals surface area contributed by atoms with Gasteiger partial charge < -0.3 is 15.8 Å². The van der Waals surface area contributed by atoms with Crippen LogP contribution >= 0.6 is 0 Å². The first-order chi connectivity index (χ1) is 9.26. The summed E-state index contributed by atoms with van der Waals surface area (Å²) in [6, 6.07) is 6.34. The fraction of sp³-hybridized carbons (Fsp3) is 0.500. The number of hydrogen-bond donors (Lipinski definition) is 2. The van der Waals surface area contributed by atoms with Crippen LogP contribution in [0.2, 0.25) is 0 Å². The van der Waals surface area contributed by atoms with Gasteiger partial charge in [-0.15, -0.1) is 0 Å². The molecule has 0 saturated heterocycles. The second kappa shape index (κ2) is 7.19. The van der Waals surface area contributed by atoms with Crippen molar-refractivity contribution in [3.63, 3.8) is 0 Å². The molecule has 0 fully saturated rings. The van der Waals surface area contributed by atoms with Gasteiger partial charge in [0.2, 0.25) is 5.91 Å². The Labute approximate surface area is 117 Å². The first kappa shape index (κ1) is 16.4. The van der Waals surface area contributed by atoms with Crippen molar-refractivity contribution in [2.45, 2.75) is 38.8 Å². The molecule has 1 rings (SSSR count). The second-order valence-electron chi connectivity index (χ2n) is 5.29. The average Bonchev–Trinajstić information content (AvgIpc) is 2.28. The minimum Gasteiger partial charge on any atom is -0.435 e. The van der Waals surface area contributed by atoms with E-state index in [4.69, 9.17) is 5.73 Å². The highest BCUT2D eigenvalue weighted by Gasteiger charge is 2.15. The molecule has 0 atom stereocenters. The molecule has 0 heterocycles. The first-order valence-corrected chi connectivity index (χ1v) is 6.35. The van der Waals surface area contributed by atoms with Crippen LogP contribution in [0.4, 0.5) is 8.78 Å². The Morgan fingerprint density at radius 2 is 1.95 bits per heavy atom. The number of hydrogen-bond acceptors (Lipinski definition) is 3. The molecule has 0 spiro atoms. The van der Waals surface area contributed by atoms with Gasteiger partial charge in [0.1, 0.15) is 5.75 Å². The summed E-state index contributed by atoms with van der Waals surface area (Å²) in [5.41, 5.74) is 6.14. The molecule has 3 N–H and O–H groups in total. The third-order valence-corrected chi connectivity index (χ3v) is 2.50. The largest absolute Gasteiger partial charge is 0.435 e. The molecule has 0 radical (unpaired) electrons. The molecule has 1 aromatic carbocycles. The molecule has 0 aliphatic heterocycles. The van der Waals surface area contributed by atoms with E-state index < -0.39 is 12.2 Å². The van der Waals surface area contributed by atoms with Gasteiger partial charge in [0.15, 0.2) is 0 Å². The van der Waals surface area contributed by atoms with Crippen molar-refractivity contribution < 1.29 is 18.3 Å². The Hall–Kier alpha value is -1.69. The van der Waals surface area contributed by atoms with Gasteiger partial charge >= 0.3 is 6.61 Å². The standard InChI is InChI=1S/C14H20F2N2O2/c1-14(2,17)9-12(19)18-8-7-10-3-5-11(6-4-10)20-13(15)16/h3-6,13H,7-9,17H2,1-2H3,(H,18,19). The summed E-state index contributed by atoms with van der Waals surface area (Å²) < 4.78 is 28.2. The highest BCUT2D eigenvalue weighted by Crippen LogP contribution is 2.15. The molecule has 112 valence electrons. The van der Waals surface area contributed by atoms with Crippen molar-refractivity contribution in [2.24, 2.45) is 5.73 Å². The number of benzene rings is 1. The van der Waals surface area contributed by atoms with Gasteiger partial charge in [0, 0.05) is 18.5 Å². The van der Waals surface area contributed by atoms with E-state index in [1.54, 1.807) is 26.0 Å². The summed E-state index contributed by atoms with van der Waals surface area (Å²) in [5, 5.41) is 2.76. The maximum atomic E-state index is 12.0. The van der Waals surface area contributed by atoms with Crippen molar-refractivity contribution in [2.75, 3.05) is 6.54 Å². The molecule has 0 aliphatic rings. The minimum absolute atomic E-state index is 0.102. The molecule has 0 unspecified atom stereocenters. The molecule has 1 amide bonds. The number of alkyl halides is 2. The Balaban J connectivity index is 2.33. The zero-order valence-corrected chi connectivity index (χ0v) is 11.7. The van der Waals surface area contributed by atoms with Crippen molar-refractivity contribution in [3.05, 3.63) is 29.8 Å². The number of carbonyl (C=O) groups is 1. The van der Waals surface area contributed by atoms with E-state index in [0.717, 1.165) is 5.56 Å². The highest BCUT2D eigenvalue weighted by atomic mass is 19.3. The molecule has 6 heteroatoms. The average molecular weight is 286 g/mol. The molecule has 1 aromatic rings. The van der Waals surface area contributed by atoms with E-state index in [-0.39, 0.29) is 18.1 Å². The summed E-state index contributed by atoms with van der Waals surface area (Å²) in [4.78, 5) is 11.5. The lowest BCUT2D eigenvalue weighted by molar-refractivity contribution is -0.121. The van der Waals surface area contributed by atoms with Crippen molar-refractivity contribution >= 4 is 5.91 Å². The van der Waals surface area contributed by atoms with Crippen LogP contribution in [0.1, 0.15) is 25.8 Å². The smallest absolute Gasteiger partial charge is 0.387 e. The number of nitrogens with one attached hydrogen (secondary N) is 1. The van der Waals surface area contributed by atoms with E-state index >= 15 is 0 Å². The van der Waals surface area contributed by atoms with Crippen LogP contribution in [0.25, 0.3) is 0 Å². The Morgan fingerprint density at radius 3 is 2.45 bits per heavy atom. The Bertz CT molecular complexity index is 428. The normalized spacial score (nSPS) is 11.5. The van der Waals surface area contributed by atoms with Crippen LogP contribution in [-0.2, 0) is 11.2 Å². The quantitative estimate of drug-likeness (QED) is 0.806. The van der Waals surface area contributed by atoms with Crippen LogP contribution in [-0.4, -0.2) is 24.6 Å². The molecule has 4 nitrogen and oxygen atoms in total. The van der Waals surface area contributed by atoms with Crippen molar-refractivity contribution in [1.82, 2.24) is 5.32 Å².